The minimum Gasteiger partial charge on any atom is -0.370 e. The molecule has 1 aromatic rings. The Labute approximate surface area is 133 Å². The summed E-state index contributed by atoms with van der Waals surface area (Å²) in [6, 6.07) is 2.09. The maximum Gasteiger partial charge on any atom is 0.138 e. The van der Waals surface area contributed by atoms with Gasteiger partial charge in [0.25, 0.3) is 0 Å². The van der Waals surface area contributed by atoms with Crippen molar-refractivity contribution in [3.63, 3.8) is 0 Å². The first-order valence-electron chi connectivity index (χ1n) is 7.73. The molecule has 2 heterocycles. The maximum atomic E-state index is 4.84. The fourth-order valence-corrected chi connectivity index (χ4v) is 3.53. The Hall–Kier alpha value is -0.970. The highest BCUT2D eigenvalue weighted by Gasteiger charge is 2.29. The zero-order valence-electron chi connectivity index (χ0n) is 14.2. The smallest absolute Gasteiger partial charge is 0.138 e. The lowest BCUT2D eigenvalue weighted by molar-refractivity contribution is 0.542. The first kappa shape index (κ1) is 16.4. The lowest BCUT2D eigenvalue weighted by atomic mass is 9.95. The minimum atomic E-state index is -0.0414. The first-order chi connectivity index (χ1) is 9.71. The predicted octanol–water partition coefficient (Wildman–Crippen LogP) is 3.54. The first-order valence-corrected chi connectivity index (χ1v) is 8.72. The second-order valence-corrected chi connectivity index (χ2v) is 9.05. The number of nitrogens with one attached hydrogen (secondary N) is 1. The fourth-order valence-electron chi connectivity index (χ4n) is 2.42. The Morgan fingerprint density at radius 1 is 1.33 bits per heavy atom. The maximum absolute atomic E-state index is 4.84. The number of nitrogens with zero attached hydrogens (tertiary/aromatic N) is 3. The van der Waals surface area contributed by atoms with Crippen LogP contribution < -0.4 is 10.2 Å². The Morgan fingerprint density at radius 2 is 2.05 bits per heavy atom. The van der Waals surface area contributed by atoms with E-state index >= 15 is 0 Å². The van der Waals surface area contributed by atoms with Crippen LogP contribution in [0.25, 0.3) is 0 Å². The Balaban J connectivity index is 2.35. The Morgan fingerprint density at radius 3 is 2.62 bits per heavy atom. The van der Waals surface area contributed by atoms with Crippen LogP contribution in [-0.2, 0) is 5.41 Å². The van der Waals surface area contributed by atoms with Crippen molar-refractivity contribution in [1.82, 2.24) is 9.97 Å². The summed E-state index contributed by atoms with van der Waals surface area (Å²) in [6.45, 7) is 16.2. The van der Waals surface area contributed by atoms with E-state index in [-0.39, 0.29) is 10.2 Å². The lowest BCUT2D eigenvalue weighted by Crippen LogP contribution is -2.43. The standard InChI is InChI=1S/C16H28N4S/c1-7-17-12-10-13(19-14(18-12)15(2,3)4)20-8-9-21-16(5,6)11-20/h10H,7-9,11H2,1-6H3,(H,17,18,19). The van der Waals surface area contributed by atoms with E-state index in [9.17, 15) is 0 Å². The van der Waals surface area contributed by atoms with E-state index in [1.807, 2.05) is 11.8 Å². The van der Waals surface area contributed by atoms with Crippen molar-refractivity contribution in [2.24, 2.45) is 0 Å². The molecule has 1 N–H and O–H groups in total. The number of aromatic nitrogens is 2. The molecule has 1 aliphatic rings. The topological polar surface area (TPSA) is 41.0 Å². The predicted molar refractivity (Wildman–Crippen MR) is 93.6 cm³/mol. The van der Waals surface area contributed by atoms with E-state index in [4.69, 9.17) is 4.98 Å². The quantitative estimate of drug-likeness (QED) is 0.925. The van der Waals surface area contributed by atoms with Crippen LogP contribution in [0.3, 0.4) is 0 Å². The van der Waals surface area contributed by atoms with Crippen LogP contribution in [0, 0.1) is 0 Å². The van der Waals surface area contributed by atoms with Crippen LogP contribution in [0.15, 0.2) is 6.07 Å². The molecule has 0 atom stereocenters. The van der Waals surface area contributed by atoms with E-state index in [0.717, 1.165) is 42.8 Å². The van der Waals surface area contributed by atoms with Crippen molar-refractivity contribution in [1.29, 1.82) is 0 Å². The molecule has 0 unspecified atom stereocenters. The van der Waals surface area contributed by atoms with Gasteiger partial charge in [-0.2, -0.15) is 11.8 Å². The Kier molecular flexibility index (Phi) is 4.71. The largest absolute Gasteiger partial charge is 0.370 e. The fraction of sp³-hybridized carbons (Fsp3) is 0.750. The molecule has 0 amide bonds. The summed E-state index contributed by atoms with van der Waals surface area (Å²) in [5.41, 5.74) is -0.0414. The molecule has 1 aromatic heterocycles. The molecule has 1 fully saturated rings. The molecule has 5 heteroatoms. The average molecular weight is 308 g/mol. The second-order valence-electron chi connectivity index (χ2n) is 7.25. The number of hydrogen-bond acceptors (Lipinski definition) is 5. The highest BCUT2D eigenvalue weighted by molar-refractivity contribution is 8.00. The molecule has 0 aromatic carbocycles. The van der Waals surface area contributed by atoms with Gasteiger partial charge in [-0.1, -0.05) is 20.8 Å². The zero-order valence-corrected chi connectivity index (χ0v) is 15.0. The van der Waals surface area contributed by atoms with Gasteiger partial charge in [-0.05, 0) is 20.8 Å². The monoisotopic (exact) mass is 308 g/mol. The lowest BCUT2D eigenvalue weighted by Gasteiger charge is -2.38. The van der Waals surface area contributed by atoms with E-state index in [1.165, 1.54) is 0 Å². The summed E-state index contributed by atoms with van der Waals surface area (Å²) in [7, 11) is 0. The van der Waals surface area contributed by atoms with Crippen molar-refractivity contribution in [3.05, 3.63) is 11.9 Å². The van der Waals surface area contributed by atoms with E-state index in [1.54, 1.807) is 0 Å². The third kappa shape index (κ3) is 4.25. The molecule has 4 nitrogen and oxygen atoms in total. The Bertz CT molecular complexity index is 494. The van der Waals surface area contributed by atoms with Crippen LogP contribution in [-0.4, -0.2) is 40.1 Å². The van der Waals surface area contributed by atoms with Gasteiger partial charge in [-0.25, -0.2) is 9.97 Å². The molecule has 2 rings (SSSR count). The number of hydrogen-bond donors (Lipinski definition) is 1. The van der Waals surface area contributed by atoms with Gasteiger partial charge >= 0.3 is 0 Å². The third-order valence-corrected chi connectivity index (χ3v) is 4.79. The van der Waals surface area contributed by atoms with Gasteiger partial charge in [-0.3, -0.25) is 0 Å². The van der Waals surface area contributed by atoms with Gasteiger partial charge in [-0.15, -0.1) is 0 Å². The molecule has 0 radical (unpaired) electrons. The van der Waals surface area contributed by atoms with Gasteiger partial charge in [0, 0.05) is 41.6 Å². The third-order valence-electron chi connectivity index (χ3n) is 3.49. The van der Waals surface area contributed by atoms with Gasteiger partial charge < -0.3 is 10.2 Å². The van der Waals surface area contributed by atoms with Crippen LogP contribution in [0.5, 0.6) is 0 Å². The molecular formula is C16H28N4S. The molecular weight excluding hydrogens is 280 g/mol. The molecule has 1 aliphatic heterocycles. The van der Waals surface area contributed by atoms with Crippen molar-refractivity contribution >= 4 is 23.4 Å². The van der Waals surface area contributed by atoms with Crippen LogP contribution in [0.1, 0.15) is 47.4 Å². The summed E-state index contributed by atoms with van der Waals surface area (Å²) < 4.78 is 0.281. The highest BCUT2D eigenvalue weighted by atomic mass is 32.2. The average Bonchev–Trinajstić information content (AvgIpc) is 2.36. The van der Waals surface area contributed by atoms with E-state index in [2.05, 4.69) is 62.8 Å². The van der Waals surface area contributed by atoms with Crippen LogP contribution in [0.2, 0.25) is 0 Å². The van der Waals surface area contributed by atoms with Gasteiger partial charge in [0.15, 0.2) is 0 Å². The summed E-state index contributed by atoms with van der Waals surface area (Å²) in [6.07, 6.45) is 0. The zero-order chi connectivity index (χ0) is 15.7. The minimum absolute atomic E-state index is 0.0414. The summed E-state index contributed by atoms with van der Waals surface area (Å²) >= 11 is 2.04. The number of anilines is 2. The molecule has 0 aliphatic carbocycles. The molecule has 118 valence electrons. The van der Waals surface area contributed by atoms with Crippen molar-refractivity contribution in [2.45, 2.75) is 51.7 Å². The van der Waals surface area contributed by atoms with Gasteiger partial charge in [0.05, 0.1) is 0 Å². The SMILES string of the molecule is CCNc1cc(N2CCSC(C)(C)C2)nc(C(C)(C)C)n1. The summed E-state index contributed by atoms with van der Waals surface area (Å²) in [5.74, 6) is 4.05. The normalized spacial score (nSPS) is 18.7. The van der Waals surface area contributed by atoms with Gasteiger partial charge in [0.1, 0.15) is 17.5 Å². The summed E-state index contributed by atoms with van der Waals surface area (Å²) in [4.78, 5) is 11.9. The number of rotatable bonds is 3. The molecule has 21 heavy (non-hydrogen) atoms. The van der Waals surface area contributed by atoms with Crippen molar-refractivity contribution in [3.8, 4) is 0 Å². The molecule has 0 bridgehead atoms. The second kappa shape index (κ2) is 6.03. The van der Waals surface area contributed by atoms with E-state index in [0.29, 0.717) is 0 Å². The number of thioether (sulfide) groups is 1. The van der Waals surface area contributed by atoms with Crippen LogP contribution >= 0.6 is 11.8 Å². The molecule has 1 saturated heterocycles. The highest BCUT2D eigenvalue weighted by Crippen LogP contribution is 2.33. The summed E-state index contributed by atoms with van der Waals surface area (Å²) in [5, 5.41) is 3.34. The van der Waals surface area contributed by atoms with Crippen LogP contribution in [0.4, 0.5) is 11.6 Å². The van der Waals surface area contributed by atoms with Crippen molar-refractivity contribution < 1.29 is 0 Å². The van der Waals surface area contributed by atoms with Crippen molar-refractivity contribution in [2.75, 3.05) is 35.6 Å². The van der Waals surface area contributed by atoms with Gasteiger partial charge in [0.2, 0.25) is 0 Å². The van der Waals surface area contributed by atoms with E-state index < -0.39 is 0 Å². The molecule has 0 saturated carbocycles. The molecule has 0 spiro atoms.